The number of nitrogens with zero attached hydrogens (tertiary/aromatic N) is 3. The number of aliphatic imine (C=N–C) groups is 1. The van der Waals surface area contributed by atoms with E-state index in [0.717, 1.165) is 55.8 Å². The molecule has 0 aliphatic carbocycles. The van der Waals surface area contributed by atoms with Gasteiger partial charge in [0.2, 0.25) is 0 Å². The summed E-state index contributed by atoms with van der Waals surface area (Å²) < 4.78 is 5.63. The lowest BCUT2D eigenvalue weighted by Gasteiger charge is -2.45. The fourth-order valence-electron chi connectivity index (χ4n) is 3.92. The molecule has 0 bridgehead atoms. The van der Waals surface area contributed by atoms with Crippen LogP contribution in [0.5, 0.6) is 0 Å². The average molecular weight is 493 g/mol. The minimum atomic E-state index is 0. The second-order valence-electron chi connectivity index (χ2n) is 7.05. The van der Waals surface area contributed by atoms with Gasteiger partial charge < -0.3 is 15.4 Å². The number of guanidine groups is 1. The van der Waals surface area contributed by atoms with Crippen molar-refractivity contribution >= 4 is 41.3 Å². The first-order valence-electron chi connectivity index (χ1n) is 9.33. The first-order chi connectivity index (χ1) is 12.1. The van der Waals surface area contributed by atoms with Crippen molar-refractivity contribution in [2.45, 2.75) is 51.6 Å². The highest BCUT2D eigenvalue weighted by Crippen LogP contribution is 2.30. The van der Waals surface area contributed by atoms with E-state index in [9.17, 15) is 0 Å². The molecule has 0 atom stereocenters. The van der Waals surface area contributed by atoms with Gasteiger partial charge in [-0.2, -0.15) is 0 Å². The average Bonchev–Trinajstić information content (AvgIpc) is 3.26. The van der Waals surface area contributed by atoms with E-state index >= 15 is 0 Å². The van der Waals surface area contributed by atoms with Crippen LogP contribution in [0.1, 0.15) is 41.3 Å². The Labute approximate surface area is 178 Å². The van der Waals surface area contributed by atoms with Gasteiger partial charge in [-0.15, -0.1) is 35.3 Å². The zero-order valence-electron chi connectivity index (χ0n) is 16.1. The largest absolute Gasteiger partial charge is 0.381 e. The number of rotatable bonds is 5. The smallest absolute Gasteiger partial charge is 0.191 e. The summed E-state index contributed by atoms with van der Waals surface area (Å²) in [5, 5.41) is 8.14. The maximum atomic E-state index is 5.63. The van der Waals surface area contributed by atoms with Crippen LogP contribution in [0, 0.1) is 13.8 Å². The number of nitrogens with one attached hydrogen (secondary N) is 2. The SMILES string of the molecule is CN=C(NCc1sc(C)nc1C)NCC1(N2CCCC2)CCOCC1.I. The van der Waals surface area contributed by atoms with E-state index in [0.29, 0.717) is 0 Å². The third-order valence-corrected chi connectivity index (χ3v) is 6.50. The van der Waals surface area contributed by atoms with E-state index in [4.69, 9.17) is 4.74 Å². The summed E-state index contributed by atoms with van der Waals surface area (Å²) in [4.78, 5) is 12.9. The van der Waals surface area contributed by atoms with Crippen LogP contribution in [0.2, 0.25) is 0 Å². The highest BCUT2D eigenvalue weighted by atomic mass is 127. The summed E-state index contributed by atoms with van der Waals surface area (Å²) >= 11 is 1.75. The van der Waals surface area contributed by atoms with Crippen LogP contribution in [-0.4, -0.2) is 61.3 Å². The standard InChI is InChI=1S/C18H31N5OS.HI/c1-14-16(25-15(2)22-14)12-20-17(19-3)21-13-18(6-10-24-11-7-18)23-8-4-5-9-23;/h4-13H2,1-3H3,(H2,19,20,21);1H. The number of thiazole rings is 1. The monoisotopic (exact) mass is 493 g/mol. The molecular weight excluding hydrogens is 461 g/mol. The fraction of sp³-hybridized carbons (Fsp3) is 0.778. The van der Waals surface area contributed by atoms with Crippen molar-refractivity contribution in [1.29, 1.82) is 0 Å². The van der Waals surface area contributed by atoms with Gasteiger partial charge in [-0.1, -0.05) is 0 Å². The lowest BCUT2D eigenvalue weighted by Crippen LogP contribution is -2.58. The summed E-state index contributed by atoms with van der Waals surface area (Å²) in [6.45, 7) is 9.99. The fourth-order valence-corrected chi connectivity index (χ4v) is 4.79. The molecule has 148 valence electrons. The number of likely N-dealkylation sites (tertiary alicyclic amines) is 1. The van der Waals surface area contributed by atoms with Crippen molar-refractivity contribution in [2.24, 2.45) is 4.99 Å². The Bertz CT molecular complexity index is 594. The predicted octanol–water partition coefficient (Wildman–Crippen LogP) is 2.69. The summed E-state index contributed by atoms with van der Waals surface area (Å²) in [5.74, 6) is 0.871. The van der Waals surface area contributed by atoms with Crippen molar-refractivity contribution < 1.29 is 4.74 Å². The number of hydrogen-bond acceptors (Lipinski definition) is 5. The zero-order chi connectivity index (χ0) is 17.7. The van der Waals surface area contributed by atoms with Gasteiger partial charge in [-0.3, -0.25) is 9.89 Å². The second kappa shape index (κ2) is 10.2. The van der Waals surface area contributed by atoms with E-state index in [1.54, 1.807) is 11.3 Å². The topological polar surface area (TPSA) is 61.8 Å². The molecule has 0 amide bonds. The van der Waals surface area contributed by atoms with Crippen LogP contribution in [-0.2, 0) is 11.3 Å². The summed E-state index contributed by atoms with van der Waals surface area (Å²) in [6, 6.07) is 0. The van der Waals surface area contributed by atoms with Crippen molar-refractivity contribution in [1.82, 2.24) is 20.5 Å². The molecule has 2 saturated heterocycles. The Hall–Kier alpha value is -0.450. The van der Waals surface area contributed by atoms with Gasteiger partial charge in [0.25, 0.3) is 0 Å². The molecule has 6 nitrogen and oxygen atoms in total. The molecule has 2 aliphatic heterocycles. The molecule has 3 heterocycles. The molecule has 1 aromatic rings. The van der Waals surface area contributed by atoms with E-state index in [1.165, 1.54) is 30.8 Å². The lowest BCUT2D eigenvalue weighted by molar-refractivity contribution is -0.0164. The third-order valence-electron chi connectivity index (χ3n) is 5.42. The second-order valence-corrected chi connectivity index (χ2v) is 8.34. The molecule has 0 spiro atoms. The molecule has 0 unspecified atom stereocenters. The number of hydrogen-bond donors (Lipinski definition) is 2. The summed E-state index contributed by atoms with van der Waals surface area (Å²) in [6.07, 6.45) is 4.84. The molecule has 0 radical (unpaired) electrons. The van der Waals surface area contributed by atoms with Crippen molar-refractivity contribution in [3.05, 3.63) is 15.6 Å². The molecular formula is C18H32IN5OS. The highest BCUT2D eigenvalue weighted by molar-refractivity contribution is 14.0. The van der Waals surface area contributed by atoms with Crippen LogP contribution >= 0.6 is 35.3 Å². The normalized spacial score (nSPS) is 20.7. The Kier molecular flexibility index (Phi) is 8.56. The Morgan fingerprint density at radius 1 is 1.23 bits per heavy atom. The molecule has 1 aromatic heterocycles. The minimum Gasteiger partial charge on any atom is -0.381 e. The van der Waals surface area contributed by atoms with Gasteiger partial charge in [-0.25, -0.2) is 4.98 Å². The molecule has 8 heteroatoms. The third kappa shape index (κ3) is 5.30. The molecule has 0 saturated carbocycles. The van der Waals surface area contributed by atoms with E-state index in [1.807, 2.05) is 7.05 Å². The number of halogens is 1. The maximum Gasteiger partial charge on any atom is 0.191 e. The van der Waals surface area contributed by atoms with Gasteiger partial charge in [0.05, 0.1) is 17.2 Å². The molecule has 2 N–H and O–H groups in total. The van der Waals surface area contributed by atoms with Crippen LogP contribution in [0.25, 0.3) is 0 Å². The van der Waals surface area contributed by atoms with Gasteiger partial charge in [-0.05, 0) is 52.6 Å². The first-order valence-corrected chi connectivity index (χ1v) is 10.1. The number of ether oxygens (including phenoxy) is 1. The van der Waals surface area contributed by atoms with Crippen molar-refractivity contribution in [2.75, 3.05) is 39.9 Å². The van der Waals surface area contributed by atoms with Gasteiger partial charge >= 0.3 is 0 Å². The van der Waals surface area contributed by atoms with Crippen molar-refractivity contribution in [3.8, 4) is 0 Å². The summed E-state index contributed by atoms with van der Waals surface area (Å²) in [7, 11) is 1.84. The molecule has 2 aliphatic rings. The quantitative estimate of drug-likeness (QED) is 0.375. The number of aromatic nitrogens is 1. The van der Waals surface area contributed by atoms with E-state index in [2.05, 4.69) is 39.4 Å². The molecule has 0 aromatic carbocycles. The Balaban J connectivity index is 0.00000243. The van der Waals surface area contributed by atoms with Crippen molar-refractivity contribution in [3.63, 3.8) is 0 Å². The van der Waals surface area contributed by atoms with E-state index in [-0.39, 0.29) is 29.5 Å². The first kappa shape index (κ1) is 21.8. The van der Waals surface area contributed by atoms with Crippen LogP contribution in [0.3, 0.4) is 0 Å². The Morgan fingerprint density at radius 2 is 1.92 bits per heavy atom. The zero-order valence-corrected chi connectivity index (χ0v) is 19.3. The molecule has 26 heavy (non-hydrogen) atoms. The van der Waals surface area contributed by atoms with Crippen LogP contribution < -0.4 is 10.6 Å². The van der Waals surface area contributed by atoms with Gasteiger partial charge in [0.1, 0.15) is 0 Å². The van der Waals surface area contributed by atoms with Gasteiger partial charge in [0, 0.05) is 37.2 Å². The van der Waals surface area contributed by atoms with Gasteiger partial charge in [0.15, 0.2) is 5.96 Å². The molecule has 2 fully saturated rings. The number of aryl methyl sites for hydroxylation is 2. The minimum absolute atomic E-state index is 0. The predicted molar refractivity (Wildman–Crippen MR) is 119 cm³/mol. The van der Waals surface area contributed by atoms with Crippen LogP contribution in [0.4, 0.5) is 0 Å². The Morgan fingerprint density at radius 3 is 2.50 bits per heavy atom. The van der Waals surface area contributed by atoms with Crippen LogP contribution in [0.15, 0.2) is 4.99 Å². The highest BCUT2D eigenvalue weighted by Gasteiger charge is 2.39. The lowest BCUT2D eigenvalue weighted by atomic mass is 9.88. The summed E-state index contributed by atoms with van der Waals surface area (Å²) in [5.41, 5.74) is 1.33. The van der Waals surface area contributed by atoms with E-state index < -0.39 is 0 Å². The maximum absolute atomic E-state index is 5.63. The molecule has 3 rings (SSSR count).